The van der Waals surface area contributed by atoms with Crippen molar-refractivity contribution in [3.8, 4) is 0 Å². The van der Waals surface area contributed by atoms with Gasteiger partial charge in [-0.2, -0.15) is 0 Å². The molecule has 1 atom stereocenters. The lowest BCUT2D eigenvalue weighted by Crippen LogP contribution is -2.40. The van der Waals surface area contributed by atoms with Crippen LogP contribution in [-0.4, -0.2) is 36.0 Å². The van der Waals surface area contributed by atoms with Gasteiger partial charge in [0.15, 0.2) is 5.96 Å². The Labute approximate surface area is 113 Å². The lowest BCUT2D eigenvalue weighted by Gasteiger charge is -2.25. The number of aromatic nitrogens is 1. The van der Waals surface area contributed by atoms with Gasteiger partial charge in [0.25, 0.3) is 0 Å². The molecule has 0 saturated carbocycles. The molecule has 0 spiro atoms. The van der Waals surface area contributed by atoms with Crippen LogP contribution in [0.5, 0.6) is 0 Å². The van der Waals surface area contributed by atoms with Gasteiger partial charge in [0, 0.05) is 31.7 Å². The third-order valence-corrected chi connectivity index (χ3v) is 4.58. The van der Waals surface area contributed by atoms with Gasteiger partial charge in [0.2, 0.25) is 0 Å². The molecule has 0 amide bonds. The van der Waals surface area contributed by atoms with E-state index < -0.39 is 0 Å². The van der Waals surface area contributed by atoms with Crippen LogP contribution in [-0.2, 0) is 6.54 Å². The molecule has 1 aromatic rings. The zero-order valence-corrected chi connectivity index (χ0v) is 12.3. The molecule has 18 heavy (non-hydrogen) atoms. The van der Waals surface area contributed by atoms with E-state index in [2.05, 4.69) is 34.0 Å². The normalized spacial score (nSPS) is 24.6. The summed E-state index contributed by atoms with van der Waals surface area (Å²) in [4.78, 5) is 11.0. The number of nitrogens with one attached hydrogen (secondary N) is 1. The van der Waals surface area contributed by atoms with Gasteiger partial charge in [0.05, 0.1) is 6.54 Å². The molecule has 2 heterocycles. The zero-order chi connectivity index (χ0) is 13.0. The Kier molecular flexibility index (Phi) is 4.22. The van der Waals surface area contributed by atoms with Crippen LogP contribution in [0.3, 0.4) is 0 Å². The summed E-state index contributed by atoms with van der Waals surface area (Å²) < 4.78 is 0. The molecule has 1 unspecified atom stereocenters. The van der Waals surface area contributed by atoms with Crippen LogP contribution in [0.25, 0.3) is 0 Å². The molecule has 0 radical (unpaired) electrons. The second-order valence-corrected chi connectivity index (χ2v) is 6.14. The van der Waals surface area contributed by atoms with Gasteiger partial charge >= 0.3 is 0 Å². The number of nitrogens with zero attached hydrogens (tertiary/aromatic N) is 3. The number of likely N-dealkylation sites (tertiary alicyclic amines) is 1. The van der Waals surface area contributed by atoms with Crippen LogP contribution in [0, 0.1) is 5.41 Å². The quantitative estimate of drug-likeness (QED) is 0.674. The van der Waals surface area contributed by atoms with Crippen LogP contribution >= 0.6 is 11.3 Å². The molecule has 1 N–H and O–H groups in total. The van der Waals surface area contributed by atoms with Crippen molar-refractivity contribution in [3.05, 3.63) is 16.6 Å². The van der Waals surface area contributed by atoms with Gasteiger partial charge in [-0.05, 0) is 18.3 Å². The largest absolute Gasteiger partial charge is 0.350 e. The number of aliphatic imine (C=N–C) groups is 1. The molecule has 4 nitrogen and oxygen atoms in total. The minimum absolute atomic E-state index is 0.443. The van der Waals surface area contributed by atoms with Gasteiger partial charge in [-0.25, -0.2) is 4.98 Å². The van der Waals surface area contributed by atoms with E-state index in [1.165, 1.54) is 12.8 Å². The predicted octanol–water partition coefficient (Wildman–Crippen LogP) is 2.34. The first-order valence-corrected chi connectivity index (χ1v) is 7.39. The Morgan fingerprint density at radius 2 is 2.50 bits per heavy atom. The minimum Gasteiger partial charge on any atom is -0.350 e. The van der Waals surface area contributed by atoms with E-state index in [1.54, 1.807) is 11.3 Å². The summed E-state index contributed by atoms with van der Waals surface area (Å²) in [6, 6.07) is 0. The van der Waals surface area contributed by atoms with E-state index in [-0.39, 0.29) is 0 Å². The van der Waals surface area contributed by atoms with Crippen molar-refractivity contribution in [2.75, 3.05) is 20.1 Å². The number of thiazole rings is 1. The van der Waals surface area contributed by atoms with E-state index in [4.69, 9.17) is 0 Å². The smallest absolute Gasteiger partial charge is 0.194 e. The second kappa shape index (κ2) is 5.69. The van der Waals surface area contributed by atoms with Crippen LogP contribution in [0.15, 0.2) is 16.6 Å². The Morgan fingerprint density at radius 1 is 1.67 bits per heavy atom. The second-order valence-electron chi connectivity index (χ2n) is 5.16. The van der Waals surface area contributed by atoms with Crippen LogP contribution in [0.1, 0.15) is 31.7 Å². The van der Waals surface area contributed by atoms with Crippen molar-refractivity contribution in [2.24, 2.45) is 10.4 Å². The summed E-state index contributed by atoms with van der Waals surface area (Å²) in [6.45, 7) is 7.60. The third-order valence-electron chi connectivity index (χ3n) is 3.80. The Bertz CT molecular complexity index is 401. The molecule has 2 rings (SSSR count). The maximum atomic E-state index is 4.38. The molecule has 0 aliphatic carbocycles. The van der Waals surface area contributed by atoms with Crippen LogP contribution in [0.2, 0.25) is 0 Å². The highest BCUT2D eigenvalue weighted by atomic mass is 32.1. The van der Waals surface area contributed by atoms with Crippen molar-refractivity contribution in [1.82, 2.24) is 15.2 Å². The maximum absolute atomic E-state index is 4.38. The summed E-state index contributed by atoms with van der Waals surface area (Å²) in [5.41, 5.74) is 0.443. The Morgan fingerprint density at radius 3 is 3.06 bits per heavy atom. The molecular weight excluding hydrogens is 244 g/mol. The summed E-state index contributed by atoms with van der Waals surface area (Å²) in [7, 11) is 1.85. The van der Waals surface area contributed by atoms with Gasteiger partial charge < -0.3 is 10.2 Å². The molecule has 0 aromatic carbocycles. The lowest BCUT2D eigenvalue weighted by molar-refractivity contribution is 0.322. The molecule has 1 aromatic heterocycles. The molecular formula is C13H22N4S. The average molecular weight is 266 g/mol. The fraction of sp³-hybridized carbons (Fsp3) is 0.692. The van der Waals surface area contributed by atoms with E-state index >= 15 is 0 Å². The first kappa shape index (κ1) is 13.3. The van der Waals surface area contributed by atoms with Gasteiger partial charge in [-0.3, -0.25) is 4.99 Å². The average Bonchev–Trinajstić information content (AvgIpc) is 3.01. The number of rotatable bonds is 3. The molecule has 0 bridgehead atoms. The van der Waals surface area contributed by atoms with Crippen LogP contribution < -0.4 is 5.32 Å². The molecule has 1 fully saturated rings. The van der Waals surface area contributed by atoms with E-state index in [1.807, 2.05) is 18.6 Å². The maximum Gasteiger partial charge on any atom is 0.194 e. The van der Waals surface area contributed by atoms with Gasteiger partial charge in [-0.1, -0.05) is 13.8 Å². The van der Waals surface area contributed by atoms with Crippen molar-refractivity contribution in [2.45, 2.75) is 33.2 Å². The van der Waals surface area contributed by atoms with Gasteiger partial charge in [-0.15, -0.1) is 11.3 Å². The third kappa shape index (κ3) is 3.02. The summed E-state index contributed by atoms with van der Waals surface area (Å²) in [6.07, 6.45) is 4.32. The molecule has 1 saturated heterocycles. The molecule has 100 valence electrons. The fourth-order valence-corrected chi connectivity index (χ4v) is 2.88. The van der Waals surface area contributed by atoms with E-state index in [0.29, 0.717) is 5.41 Å². The van der Waals surface area contributed by atoms with E-state index in [9.17, 15) is 0 Å². The van der Waals surface area contributed by atoms with Crippen molar-refractivity contribution < 1.29 is 0 Å². The topological polar surface area (TPSA) is 40.5 Å². The lowest BCUT2D eigenvalue weighted by atomic mass is 9.87. The Balaban J connectivity index is 1.90. The molecule has 5 heteroatoms. The molecule has 1 aliphatic rings. The highest BCUT2D eigenvalue weighted by Gasteiger charge is 2.33. The van der Waals surface area contributed by atoms with E-state index in [0.717, 1.165) is 30.6 Å². The zero-order valence-electron chi connectivity index (χ0n) is 11.4. The highest BCUT2D eigenvalue weighted by molar-refractivity contribution is 7.09. The number of guanidine groups is 1. The highest BCUT2D eigenvalue weighted by Crippen LogP contribution is 2.32. The number of hydrogen-bond donors (Lipinski definition) is 1. The summed E-state index contributed by atoms with van der Waals surface area (Å²) in [5.74, 6) is 1.00. The van der Waals surface area contributed by atoms with Crippen molar-refractivity contribution in [3.63, 3.8) is 0 Å². The summed E-state index contributed by atoms with van der Waals surface area (Å²) in [5, 5.41) is 6.51. The fourth-order valence-electron chi connectivity index (χ4n) is 2.32. The minimum atomic E-state index is 0.443. The van der Waals surface area contributed by atoms with Crippen LogP contribution in [0.4, 0.5) is 0 Å². The summed E-state index contributed by atoms with van der Waals surface area (Å²) >= 11 is 1.68. The Hall–Kier alpha value is -1.10. The van der Waals surface area contributed by atoms with Crippen molar-refractivity contribution >= 4 is 17.3 Å². The molecule has 1 aliphatic heterocycles. The SMILES string of the molecule is CCC1(C)CCN(C(=NC)NCc2nccs2)C1. The first-order valence-electron chi connectivity index (χ1n) is 6.51. The standard InChI is InChI=1S/C13H22N4S/c1-4-13(2)5-7-17(10-13)12(14-3)16-9-11-15-6-8-18-11/h6,8H,4-5,7,9-10H2,1-3H3,(H,14,16). The van der Waals surface area contributed by atoms with Gasteiger partial charge in [0.1, 0.15) is 5.01 Å². The number of hydrogen-bond acceptors (Lipinski definition) is 3. The predicted molar refractivity (Wildman–Crippen MR) is 76.9 cm³/mol. The van der Waals surface area contributed by atoms with Crippen molar-refractivity contribution in [1.29, 1.82) is 0 Å². The first-order chi connectivity index (χ1) is 8.67. The monoisotopic (exact) mass is 266 g/mol.